The molecule has 0 saturated heterocycles. The quantitative estimate of drug-likeness (QED) is 0.433. The number of nitrogens with zero attached hydrogens (tertiary/aromatic N) is 2. The Kier molecular flexibility index (Phi) is 6.40. The van der Waals surface area contributed by atoms with Gasteiger partial charge in [-0.15, -0.1) is 10.2 Å². The lowest BCUT2D eigenvalue weighted by Crippen LogP contribution is -1.97. The van der Waals surface area contributed by atoms with Crippen LogP contribution in [0.2, 0.25) is 0 Å². The number of carbonyl (C=O) groups is 1. The van der Waals surface area contributed by atoms with E-state index in [1.54, 1.807) is 42.5 Å². The van der Waals surface area contributed by atoms with Crippen LogP contribution >= 0.6 is 11.8 Å². The van der Waals surface area contributed by atoms with Gasteiger partial charge < -0.3 is 23.7 Å². The summed E-state index contributed by atoms with van der Waals surface area (Å²) in [6, 6.07) is 12.2. The Morgan fingerprint density at radius 2 is 1.72 bits per heavy atom. The van der Waals surface area contributed by atoms with E-state index in [4.69, 9.17) is 18.6 Å². The monoisotopic (exact) mass is 414 g/mol. The predicted octanol–water partition coefficient (Wildman–Crippen LogP) is 3.98. The van der Waals surface area contributed by atoms with Gasteiger partial charge in [0.25, 0.3) is 5.22 Å². The van der Waals surface area contributed by atoms with Gasteiger partial charge in [0, 0.05) is 17.2 Å². The van der Waals surface area contributed by atoms with Crippen molar-refractivity contribution in [2.24, 2.45) is 0 Å². The van der Waals surface area contributed by atoms with Gasteiger partial charge in [0.2, 0.25) is 5.89 Å². The molecule has 0 aliphatic heterocycles. The molecule has 8 nitrogen and oxygen atoms in total. The number of carboxylic acid groups (broad SMARTS) is 1. The van der Waals surface area contributed by atoms with Crippen LogP contribution in [0.4, 0.5) is 0 Å². The van der Waals surface area contributed by atoms with Crippen LogP contribution in [0.5, 0.6) is 17.2 Å². The molecule has 0 aliphatic rings. The smallest absolute Gasteiger partial charge is 0.342 e. The number of carboxylic acids is 1. The summed E-state index contributed by atoms with van der Waals surface area (Å²) >= 11 is 0.849. The molecule has 2 aromatic carbocycles. The van der Waals surface area contributed by atoms with Gasteiger partial charge in [-0.05, 0) is 36.0 Å². The number of hydrogen-bond donors (Lipinski definition) is 1. The Balaban J connectivity index is 1.90. The number of thioether (sulfide) groups is 1. The molecule has 9 heteroatoms. The highest BCUT2D eigenvalue weighted by molar-refractivity contribution is 8.03. The topological polar surface area (TPSA) is 104 Å². The Morgan fingerprint density at radius 3 is 2.34 bits per heavy atom. The van der Waals surface area contributed by atoms with E-state index in [0.29, 0.717) is 28.4 Å². The minimum Gasteiger partial charge on any atom is -0.497 e. The van der Waals surface area contributed by atoms with Crippen LogP contribution in [0.1, 0.15) is 5.56 Å². The molecule has 3 rings (SSSR count). The zero-order chi connectivity index (χ0) is 20.8. The Hall–Kier alpha value is -3.46. The minimum atomic E-state index is -1.12. The summed E-state index contributed by atoms with van der Waals surface area (Å²) in [4.78, 5) is 11.7. The van der Waals surface area contributed by atoms with Gasteiger partial charge in [-0.25, -0.2) is 4.79 Å². The fourth-order valence-corrected chi connectivity index (χ4v) is 3.12. The molecular weight excluding hydrogens is 396 g/mol. The van der Waals surface area contributed by atoms with Gasteiger partial charge >= 0.3 is 5.97 Å². The molecule has 0 bridgehead atoms. The second-order valence-corrected chi connectivity index (χ2v) is 6.63. The van der Waals surface area contributed by atoms with Crippen molar-refractivity contribution in [3.8, 4) is 28.7 Å². The zero-order valence-corrected chi connectivity index (χ0v) is 16.7. The number of aliphatic carboxylic acids is 1. The molecule has 29 heavy (non-hydrogen) atoms. The summed E-state index contributed by atoms with van der Waals surface area (Å²) in [5.74, 6) is 0.778. The summed E-state index contributed by atoms with van der Waals surface area (Å²) < 4.78 is 21.4. The first kappa shape index (κ1) is 20.3. The van der Waals surface area contributed by atoms with Gasteiger partial charge in [0.1, 0.15) is 22.2 Å². The second kappa shape index (κ2) is 9.16. The van der Waals surface area contributed by atoms with E-state index in [-0.39, 0.29) is 16.0 Å². The van der Waals surface area contributed by atoms with Crippen LogP contribution < -0.4 is 14.2 Å². The average Bonchev–Trinajstić information content (AvgIpc) is 3.21. The first-order valence-electron chi connectivity index (χ1n) is 8.37. The average molecular weight is 414 g/mol. The van der Waals surface area contributed by atoms with E-state index < -0.39 is 5.97 Å². The van der Waals surface area contributed by atoms with Crippen LogP contribution in [-0.4, -0.2) is 42.6 Å². The Bertz CT molecular complexity index is 1020. The van der Waals surface area contributed by atoms with E-state index in [1.165, 1.54) is 27.4 Å². The van der Waals surface area contributed by atoms with E-state index >= 15 is 0 Å². The number of rotatable bonds is 8. The third-order valence-electron chi connectivity index (χ3n) is 3.84. The molecule has 0 radical (unpaired) electrons. The zero-order valence-electron chi connectivity index (χ0n) is 15.9. The lowest BCUT2D eigenvalue weighted by atomic mass is 10.2. The molecule has 0 atom stereocenters. The molecule has 1 N–H and O–H groups in total. The SMILES string of the molecule is COc1cc(OC)cc(-c2nnc(S/C(=C\c3ccccc3OC)C(=O)O)o2)c1. The maximum absolute atomic E-state index is 11.7. The summed E-state index contributed by atoms with van der Waals surface area (Å²) in [6.07, 6.45) is 1.49. The molecule has 0 saturated carbocycles. The summed E-state index contributed by atoms with van der Waals surface area (Å²) in [5.41, 5.74) is 1.21. The maximum Gasteiger partial charge on any atom is 0.342 e. The molecule has 1 aromatic heterocycles. The van der Waals surface area contributed by atoms with Gasteiger partial charge in [0.15, 0.2) is 0 Å². The van der Waals surface area contributed by atoms with Crippen molar-refractivity contribution in [3.63, 3.8) is 0 Å². The maximum atomic E-state index is 11.7. The highest BCUT2D eigenvalue weighted by atomic mass is 32.2. The highest BCUT2D eigenvalue weighted by Gasteiger charge is 2.17. The molecule has 0 aliphatic carbocycles. The third kappa shape index (κ3) is 4.88. The summed E-state index contributed by atoms with van der Waals surface area (Å²) in [5, 5.41) is 17.6. The first-order valence-corrected chi connectivity index (χ1v) is 9.18. The second-order valence-electron chi connectivity index (χ2n) is 5.63. The highest BCUT2D eigenvalue weighted by Crippen LogP contribution is 2.33. The first-order chi connectivity index (χ1) is 14.0. The number of benzene rings is 2. The number of para-hydroxylation sites is 1. The number of methoxy groups -OCH3 is 3. The van der Waals surface area contributed by atoms with Crippen molar-refractivity contribution < 1.29 is 28.5 Å². The normalized spacial score (nSPS) is 11.2. The number of ether oxygens (including phenoxy) is 3. The van der Waals surface area contributed by atoms with Crippen LogP contribution in [0.15, 0.2) is 57.0 Å². The molecular formula is C20H18N2O6S. The largest absolute Gasteiger partial charge is 0.497 e. The van der Waals surface area contributed by atoms with Crippen LogP contribution in [-0.2, 0) is 4.79 Å². The van der Waals surface area contributed by atoms with E-state index in [0.717, 1.165) is 11.8 Å². The molecule has 0 fully saturated rings. The van der Waals surface area contributed by atoms with Gasteiger partial charge in [0.05, 0.1) is 21.3 Å². The lowest BCUT2D eigenvalue weighted by molar-refractivity contribution is -0.131. The van der Waals surface area contributed by atoms with Gasteiger partial charge in [-0.2, -0.15) is 0 Å². The van der Waals surface area contributed by atoms with E-state index in [1.807, 2.05) is 0 Å². The molecule has 0 spiro atoms. The third-order valence-corrected chi connectivity index (χ3v) is 4.69. The van der Waals surface area contributed by atoms with E-state index in [2.05, 4.69) is 10.2 Å². The fourth-order valence-electron chi connectivity index (χ4n) is 2.45. The minimum absolute atomic E-state index is 0.00734. The number of aromatic nitrogens is 2. The van der Waals surface area contributed by atoms with Crippen molar-refractivity contribution in [3.05, 3.63) is 52.9 Å². The summed E-state index contributed by atoms with van der Waals surface area (Å²) in [7, 11) is 4.60. The fraction of sp³-hybridized carbons (Fsp3) is 0.150. The van der Waals surface area contributed by atoms with Crippen molar-refractivity contribution in [1.29, 1.82) is 0 Å². The van der Waals surface area contributed by atoms with Gasteiger partial charge in [-0.3, -0.25) is 0 Å². The van der Waals surface area contributed by atoms with Crippen LogP contribution in [0.3, 0.4) is 0 Å². The Morgan fingerprint density at radius 1 is 1.03 bits per heavy atom. The molecule has 0 unspecified atom stereocenters. The lowest BCUT2D eigenvalue weighted by Gasteiger charge is -2.06. The molecule has 3 aromatic rings. The van der Waals surface area contributed by atoms with Gasteiger partial charge in [-0.1, -0.05) is 18.2 Å². The summed E-state index contributed by atoms with van der Waals surface area (Å²) in [6.45, 7) is 0. The molecule has 1 heterocycles. The predicted molar refractivity (Wildman–Crippen MR) is 107 cm³/mol. The van der Waals surface area contributed by atoms with E-state index in [9.17, 15) is 9.90 Å². The van der Waals surface area contributed by atoms with Crippen LogP contribution in [0, 0.1) is 0 Å². The van der Waals surface area contributed by atoms with Crippen molar-refractivity contribution in [2.45, 2.75) is 5.22 Å². The molecule has 0 amide bonds. The number of hydrogen-bond acceptors (Lipinski definition) is 8. The van der Waals surface area contributed by atoms with Crippen molar-refractivity contribution in [2.75, 3.05) is 21.3 Å². The Labute approximate surface area is 171 Å². The van der Waals surface area contributed by atoms with Crippen molar-refractivity contribution >= 4 is 23.8 Å². The van der Waals surface area contributed by atoms with Crippen molar-refractivity contribution in [1.82, 2.24) is 10.2 Å². The standard InChI is InChI=1S/C20H18N2O6S/c1-25-14-8-13(9-15(11-14)26-2)18-21-22-20(28-18)29-17(19(23)24)10-12-6-4-5-7-16(12)27-3/h4-11H,1-3H3,(H,23,24)/b17-10-. The van der Waals surface area contributed by atoms with Crippen LogP contribution in [0.25, 0.3) is 17.5 Å². The molecule has 150 valence electrons.